The maximum Gasteiger partial charge on any atom is 0.388 e. The van der Waals surface area contributed by atoms with Crippen molar-refractivity contribution < 1.29 is 18.3 Å². The van der Waals surface area contributed by atoms with Gasteiger partial charge in [-0.15, -0.1) is 0 Å². The molecule has 3 saturated carbocycles. The summed E-state index contributed by atoms with van der Waals surface area (Å²) < 4.78 is 39.6. The van der Waals surface area contributed by atoms with Crippen molar-refractivity contribution >= 4 is 46.1 Å². The van der Waals surface area contributed by atoms with Crippen molar-refractivity contribution in [2.75, 3.05) is 23.1 Å². The first kappa shape index (κ1) is 57.9. The lowest BCUT2D eigenvalue weighted by Crippen LogP contribution is -2.29. The number of halogens is 3. The molecule has 0 radical (unpaired) electrons. The predicted molar refractivity (Wildman–Crippen MR) is 295 cm³/mol. The standard InChI is InChI=1S/C19H21F2N5O2.C19H23N5O.C18H23ClN4O2/c1-4-15(12-5-6-12)26-9-13(8-22)24-16(18(26)27)25-14-7-10(2)17(23-11(14)3)28-19(20)21;1-5-17(14-6-7-14)24-10-15(9-20)22-18(19(24)25)23-16-8-11(2)12(3)21-13(16)4;1-5-14(12-6-7-12)23-9-15(19)22-16(18(23)24)21-13-8-10(2)17(25-4)20-11(13)3/h7,9,12,15,19H,4-6H2,1-3H3,(H,24,25);8,10,14,17H,5-7H2,1-4H3,(H,22,23);8-9,12,14H,5-7H2,1-4H3,(H,21,22)/t15-;17-;14-/m111/s1. The Kier molecular flexibility index (Phi) is 18.7. The molecule has 6 aromatic heterocycles. The van der Waals surface area contributed by atoms with Crippen molar-refractivity contribution in [3.63, 3.8) is 0 Å². The van der Waals surface area contributed by atoms with Gasteiger partial charge in [0, 0.05) is 53.5 Å². The van der Waals surface area contributed by atoms with Crippen LogP contribution in [0.25, 0.3) is 0 Å². The van der Waals surface area contributed by atoms with Crippen LogP contribution in [0.2, 0.25) is 5.15 Å². The topological polar surface area (TPSA) is 245 Å². The summed E-state index contributed by atoms with van der Waals surface area (Å²) in [7, 11) is 1.59. The average molecular weight is 1090 g/mol. The Bertz CT molecular complexity index is 3450. The van der Waals surface area contributed by atoms with Crippen LogP contribution in [0.15, 0.2) is 51.2 Å². The van der Waals surface area contributed by atoms with Crippen molar-refractivity contribution in [1.82, 2.24) is 43.6 Å². The van der Waals surface area contributed by atoms with Gasteiger partial charge in [0.1, 0.15) is 17.3 Å². The summed E-state index contributed by atoms with van der Waals surface area (Å²) in [5.41, 5.74) is 6.74. The first-order valence-electron chi connectivity index (χ1n) is 26.3. The molecule has 3 atom stereocenters. The maximum atomic E-state index is 13.0. The molecule has 0 unspecified atom stereocenters. The zero-order valence-corrected chi connectivity index (χ0v) is 46.7. The Hall–Kier alpha value is -7.78. The SMILES string of the molecule is CC[C@H](C1CC1)n1cc(C#N)nc(Nc2cc(C)c(C)nc2C)c1=O.CC[C@H](C1CC1)n1cc(C#N)nc(Nc2cc(C)c(OC(F)F)nc2C)c1=O.CC[C@H](C1CC1)n1cc(Cl)nc(Nc2cc(C)c(OC)nc2C)c1=O. The van der Waals surface area contributed by atoms with Gasteiger partial charge < -0.3 is 39.1 Å². The van der Waals surface area contributed by atoms with Gasteiger partial charge in [-0.3, -0.25) is 19.4 Å². The third-order valence-corrected chi connectivity index (χ3v) is 14.5. The largest absolute Gasteiger partial charge is 0.481 e. The molecular formula is C56H67ClF2N14O5. The van der Waals surface area contributed by atoms with Crippen LogP contribution in [-0.2, 0) is 0 Å². The summed E-state index contributed by atoms with van der Waals surface area (Å²) in [4.78, 5) is 64.2. The van der Waals surface area contributed by atoms with Gasteiger partial charge in [0.2, 0.25) is 11.8 Å². The number of methoxy groups -OCH3 is 1. The average Bonchev–Trinajstić information content (AvgIpc) is 4.24. The number of ether oxygens (including phenoxy) is 2. The minimum atomic E-state index is -2.97. The van der Waals surface area contributed by atoms with E-state index in [1.165, 1.54) is 6.20 Å². The molecule has 9 rings (SSSR count). The van der Waals surface area contributed by atoms with Crippen molar-refractivity contribution in [2.45, 2.75) is 152 Å². The van der Waals surface area contributed by atoms with E-state index in [0.29, 0.717) is 45.7 Å². The lowest BCUT2D eigenvalue weighted by molar-refractivity contribution is -0.0533. The first-order chi connectivity index (χ1) is 37.2. The lowest BCUT2D eigenvalue weighted by atomic mass is 10.1. The molecule has 6 heterocycles. The molecule has 0 amide bonds. The normalized spacial score (nSPS) is 14.8. The Labute approximate surface area is 457 Å². The molecular weight excluding hydrogens is 1020 g/mol. The number of aryl methyl sites for hydroxylation is 7. The van der Waals surface area contributed by atoms with E-state index < -0.39 is 6.61 Å². The third kappa shape index (κ3) is 13.8. The second-order valence-corrected chi connectivity index (χ2v) is 20.5. The maximum absolute atomic E-state index is 13.0. The summed E-state index contributed by atoms with van der Waals surface area (Å²) >= 11 is 6.19. The molecule has 19 nitrogen and oxygen atoms in total. The quantitative estimate of drug-likeness (QED) is 0.0724. The highest BCUT2D eigenvalue weighted by Crippen LogP contribution is 2.43. The molecule has 22 heteroatoms. The number of hydrogen-bond donors (Lipinski definition) is 3. The van der Waals surface area contributed by atoms with E-state index in [9.17, 15) is 33.7 Å². The second-order valence-electron chi connectivity index (χ2n) is 20.1. The number of nitrogens with one attached hydrogen (secondary N) is 3. The highest BCUT2D eigenvalue weighted by atomic mass is 35.5. The first-order valence-corrected chi connectivity index (χ1v) is 26.7. The summed E-state index contributed by atoms with van der Waals surface area (Å²) in [5.74, 6) is 2.32. The van der Waals surface area contributed by atoms with Crippen molar-refractivity contribution in [3.05, 3.63) is 124 Å². The molecule has 78 heavy (non-hydrogen) atoms. The van der Waals surface area contributed by atoms with Gasteiger partial charge in [-0.05, 0) is 148 Å². The number of nitriles is 2. The van der Waals surface area contributed by atoms with Crippen LogP contribution in [0.1, 0.15) is 148 Å². The number of aromatic nitrogens is 9. The second kappa shape index (κ2) is 25.1. The Morgan fingerprint density at radius 2 is 0.923 bits per heavy atom. The fraction of sp³-hybridized carbons (Fsp3) is 0.482. The van der Waals surface area contributed by atoms with Gasteiger partial charge in [-0.25, -0.2) is 24.9 Å². The summed E-state index contributed by atoms with van der Waals surface area (Å²) in [6.07, 6.45) is 14.0. The number of pyridine rings is 3. The van der Waals surface area contributed by atoms with Gasteiger partial charge in [0.05, 0.1) is 41.3 Å². The zero-order valence-electron chi connectivity index (χ0n) is 46.0. The summed E-state index contributed by atoms with van der Waals surface area (Å²) in [6.45, 7) is 16.0. The van der Waals surface area contributed by atoms with Crippen molar-refractivity contribution in [2.24, 2.45) is 17.8 Å². The van der Waals surface area contributed by atoms with Gasteiger partial charge in [0.15, 0.2) is 28.8 Å². The molecule has 0 bridgehead atoms. The molecule has 0 spiro atoms. The third-order valence-electron chi connectivity index (χ3n) is 14.3. The van der Waals surface area contributed by atoms with Gasteiger partial charge in [-0.1, -0.05) is 32.4 Å². The van der Waals surface area contributed by atoms with Crippen molar-refractivity contribution in [3.8, 4) is 23.9 Å². The van der Waals surface area contributed by atoms with Gasteiger partial charge in [0.25, 0.3) is 16.7 Å². The molecule has 6 aromatic rings. The zero-order chi connectivity index (χ0) is 56.7. The Morgan fingerprint density at radius 1 is 0.564 bits per heavy atom. The van der Waals surface area contributed by atoms with E-state index in [2.05, 4.69) is 70.5 Å². The monoisotopic (exact) mass is 1090 g/mol. The van der Waals surface area contributed by atoms with Crippen LogP contribution < -0.4 is 42.1 Å². The van der Waals surface area contributed by atoms with E-state index >= 15 is 0 Å². The molecule has 3 fully saturated rings. The Balaban J connectivity index is 0.000000170. The number of rotatable bonds is 18. The molecule has 3 aliphatic rings. The number of alkyl halides is 2. The van der Waals surface area contributed by atoms with Crippen LogP contribution in [0.5, 0.6) is 11.8 Å². The number of nitrogens with zero attached hydrogens (tertiary/aromatic N) is 11. The van der Waals surface area contributed by atoms with Gasteiger partial charge >= 0.3 is 6.61 Å². The fourth-order valence-corrected chi connectivity index (χ4v) is 9.86. The fourth-order valence-electron chi connectivity index (χ4n) is 9.67. The molecule has 0 aromatic carbocycles. The van der Waals surface area contributed by atoms with Crippen LogP contribution in [0.4, 0.5) is 43.3 Å². The predicted octanol–water partition coefficient (Wildman–Crippen LogP) is 11.4. The van der Waals surface area contributed by atoms with E-state index in [4.69, 9.17) is 16.3 Å². The van der Waals surface area contributed by atoms with E-state index in [1.54, 1.807) is 53.1 Å². The summed E-state index contributed by atoms with van der Waals surface area (Å²) in [5, 5.41) is 28.1. The van der Waals surface area contributed by atoms with Gasteiger partial charge in [-0.2, -0.15) is 19.3 Å². The molecule has 3 aliphatic carbocycles. The minimum Gasteiger partial charge on any atom is -0.481 e. The van der Waals surface area contributed by atoms with Crippen molar-refractivity contribution in [1.29, 1.82) is 10.5 Å². The summed E-state index contributed by atoms with van der Waals surface area (Å²) in [6, 6.07) is 9.78. The smallest absolute Gasteiger partial charge is 0.388 e. The van der Waals surface area contributed by atoms with Crippen LogP contribution in [0.3, 0.4) is 0 Å². The highest BCUT2D eigenvalue weighted by Gasteiger charge is 2.35. The van der Waals surface area contributed by atoms with Crippen LogP contribution in [0, 0.1) is 88.9 Å². The highest BCUT2D eigenvalue weighted by molar-refractivity contribution is 6.29. The van der Waals surface area contributed by atoms with E-state index in [0.717, 1.165) is 97.4 Å². The molecule has 0 saturated heterocycles. The number of anilines is 6. The molecule has 0 aliphatic heterocycles. The Morgan fingerprint density at radius 3 is 1.29 bits per heavy atom. The number of hydrogen-bond acceptors (Lipinski definition) is 16. The molecule has 412 valence electrons. The lowest BCUT2D eigenvalue weighted by Gasteiger charge is -2.19. The van der Waals surface area contributed by atoms with Crippen LogP contribution in [-0.4, -0.2) is 57.3 Å². The minimum absolute atomic E-state index is 0.00461. The molecule has 3 N–H and O–H groups in total. The van der Waals surface area contributed by atoms with E-state index in [1.807, 2.05) is 59.7 Å². The van der Waals surface area contributed by atoms with Crippen LogP contribution >= 0.6 is 11.6 Å². The van der Waals surface area contributed by atoms with E-state index in [-0.39, 0.29) is 69.5 Å².